The molecule has 0 atom stereocenters. The van der Waals surface area contributed by atoms with Crippen LogP contribution in [-0.4, -0.2) is 10.8 Å². The van der Waals surface area contributed by atoms with Crippen molar-refractivity contribution in [2.45, 2.75) is 0 Å². The maximum Gasteiger partial charge on any atom is 0.433 e. The molecule has 0 fully saturated rings. The van der Waals surface area contributed by atoms with E-state index in [2.05, 4.69) is 5.32 Å². The fourth-order valence-corrected chi connectivity index (χ4v) is 2.54. The molecule has 2 heterocycles. The highest BCUT2D eigenvalue weighted by Gasteiger charge is 2.17. The van der Waals surface area contributed by atoms with E-state index < -0.39 is 16.7 Å². The SMILES string of the molecule is O=C(Nc1ccc2c(c1)oc1ccccc12)c1ccc([N+](=O)[O-])o1. The molecule has 0 aliphatic heterocycles. The Hall–Kier alpha value is -3.61. The highest BCUT2D eigenvalue weighted by atomic mass is 16.6. The number of hydrogen-bond donors (Lipinski definition) is 1. The quantitative estimate of drug-likeness (QED) is 0.447. The van der Waals surface area contributed by atoms with Crippen molar-refractivity contribution in [3.8, 4) is 0 Å². The summed E-state index contributed by atoms with van der Waals surface area (Å²) >= 11 is 0. The number of benzene rings is 2. The number of anilines is 1. The van der Waals surface area contributed by atoms with Crippen LogP contribution in [0.5, 0.6) is 0 Å². The van der Waals surface area contributed by atoms with Crippen LogP contribution in [0.1, 0.15) is 10.6 Å². The van der Waals surface area contributed by atoms with E-state index in [9.17, 15) is 14.9 Å². The third-order valence-electron chi connectivity index (χ3n) is 3.63. The summed E-state index contributed by atoms with van der Waals surface area (Å²) in [6.07, 6.45) is 0. The Labute approximate surface area is 134 Å². The van der Waals surface area contributed by atoms with Gasteiger partial charge in [-0.3, -0.25) is 14.9 Å². The van der Waals surface area contributed by atoms with Crippen LogP contribution < -0.4 is 5.32 Å². The zero-order valence-electron chi connectivity index (χ0n) is 12.2. The smallest absolute Gasteiger partial charge is 0.433 e. The van der Waals surface area contributed by atoms with Crippen molar-refractivity contribution in [3.63, 3.8) is 0 Å². The zero-order chi connectivity index (χ0) is 16.7. The summed E-state index contributed by atoms with van der Waals surface area (Å²) < 4.78 is 10.6. The summed E-state index contributed by atoms with van der Waals surface area (Å²) in [4.78, 5) is 22.0. The van der Waals surface area contributed by atoms with E-state index in [1.54, 1.807) is 12.1 Å². The number of carbonyl (C=O) groups excluding carboxylic acids is 1. The van der Waals surface area contributed by atoms with Gasteiger partial charge in [-0.1, -0.05) is 18.2 Å². The van der Waals surface area contributed by atoms with E-state index in [1.807, 2.05) is 30.3 Å². The number of nitrogens with zero attached hydrogens (tertiary/aromatic N) is 1. The zero-order valence-corrected chi connectivity index (χ0v) is 12.2. The maximum atomic E-state index is 12.1. The predicted molar refractivity (Wildman–Crippen MR) is 87.0 cm³/mol. The van der Waals surface area contributed by atoms with Crippen LogP contribution in [0.4, 0.5) is 11.6 Å². The Morgan fingerprint density at radius 3 is 2.54 bits per heavy atom. The van der Waals surface area contributed by atoms with Gasteiger partial charge in [0.1, 0.15) is 16.1 Å². The van der Waals surface area contributed by atoms with E-state index in [4.69, 9.17) is 8.83 Å². The molecule has 2 aromatic carbocycles. The summed E-state index contributed by atoms with van der Waals surface area (Å²) in [6, 6.07) is 15.3. The molecule has 118 valence electrons. The predicted octanol–water partition coefficient (Wildman–Crippen LogP) is 4.34. The van der Waals surface area contributed by atoms with Crippen LogP contribution >= 0.6 is 0 Å². The van der Waals surface area contributed by atoms with Crippen molar-refractivity contribution in [2.75, 3.05) is 5.32 Å². The molecule has 4 aromatic rings. The number of rotatable bonds is 3. The largest absolute Gasteiger partial charge is 0.456 e. The van der Waals surface area contributed by atoms with Crippen molar-refractivity contribution in [3.05, 3.63) is 70.5 Å². The van der Waals surface area contributed by atoms with E-state index in [-0.39, 0.29) is 5.76 Å². The van der Waals surface area contributed by atoms with Gasteiger partial charge in [-0.05, 0) is 24.3 Å². The minimum absolute atomic E-state index is 0.133. The lowest BCUT2D eigenvalue weighted by molar-refractivity contribution is -0.402. The van der Waals surface area contributed by atoms with Gasteiger partial charge in [0, 0.05) is 22.5 Å². The Morgan fingerprint density at radius 2 is 1.75 bits per heavy atom. The Balaban J connectivity index is 1.65. The fraction of sp³-hybridized carbons (Fsp3) is 0. The molecule has 7 heteroatoms. The molecule has 24 heavy (non-hydrogen) atoms. The van der Waals surface area contributed by atoms with E-state index in [1.165, 1.54) is 6.07 Å². The number of amides is 1. The van der Waals surface area contributed by atoms with Crippen LogP contribution in [0, 0.1) is 10.1 Å². The van der Waals surface area contributed by atoms with E-state index >= 15 is 0 Å². The first kappa shape index (κ1) is 14.0. The fourth-order valence-electron chi connectivity index (χ4n) is 2.54. The summed E-state index contributed by atoms with van der Waals surface area (Å²) in [7, 11) is 0. The van der Waals surface area contributed by atoms with Gasteiger partial charge in [0.25, 0.3) is 5.91 Å². The lowest BCUT2D eigenvalue weighted by Gasteiger charge is -2.02. The highest BCUT2D eigenvalue weighted by molar-refractivity contribution is 6.07. The Morgan fingerprint density at radius 1 is 0.958 bits per heavy atom. The molecule has 0 saturated carbocycles. The molecule has 0 aliphatic rings. The molecule has 0 saturated heterocycles. The minimum Gasteiger partial charge on any atom is -0.456 e. The summed E-state index contributed by atoms with van der Waals surface area (Å²) in [5, 5.41) is 15.2. The van der Waals surface area contributed by atoms with Crippen molar-refractivity contribution < 1.29 is 18.6 Å². The average Bonchev–Trinajstić information content (AvgIpc) is 3.19. The molecular weight excluding hydrogens is 312 g/mol. The minimum atomic E-state index is -0.697. The van der Waals surface area contributed by atoms with E-state index in [0.29, 0.717) is 11.3 Å². The number of para-hydroxylation sites is 1. The first-order valence-corrected chi connectivity index (χ1v) is 7.09. The van der Waals surface area contributed by atoms with Crippen LogP contribution in [0.25, 0.3) is 21.9 Å². The number of fused-ring (bicyclic) bond motifs is 3. The van der Waals surface area contributed by atoms with E-state index in [0.717, 1.165) is 22.4 Å². The topological polar surface area (TPSA) is 98.5 Å². The van der Waals surface area contributed by atoms with Crippen molar-refractivity contribution >= 4 is 39.4 Å². The number of nitro groups is 1. The van der Waals surface area contributed by atoms with Gasteiger partial charge in [-0.25, -0.2) is 0 Å². The monoisotopic (exact) mass is 322 g/mol. The van der Waals surface area contributed by atoms with Crippen LogP contribution in [0.2, 0.25) is 0 Å². The second kappa shape index (κ2) is 5.24. The summed E-state index contributed by atoms with van der Waals surface area (Å²) in [5.74, 6) is -1.18. The molecule has 1 N–H and O–H groups in total. The molecule has 1 amide bonds. The lowest BCUT2D eigenvalue weighted by Crippen LogP contribution is -2.10. The molecule has 0 unspecified atom stereocenters. The third-order valence-corrected chi connectivity index (χ3v) is 3.63. The van der Waals surface area contributed by atoms with Gasteiger partial charge in [0.15, 0.2) is 5.76 Å². The maximum absolute atomic E-state index is 12.1. The first-order chi connectivity index (χ1) is 11.6. The first-order valence-electron chi connectivity index (χ1n) is 7.09. The van der Waals surface area contributed by atoms with Crippen LogP contribution in [0.15, 0.2) is 63.4 Å². The molecule has 7 nitrogen and oxygen atoms in total. The molecule has 0 radical (unpaired) electrons. The average molecular weight is 322 g/mol. The normalized spacial score (nSPS) is 11.0. The standard InChI is InChI=1S/C17H10N2O5/c20-17(14-7-8-16(24-14)19(21)22)18-10-5-6-12-11-3-1-2-4-13(11)23-15(12)9-10/h1-9H,(H,18,20). The third kappa shape index (κ3) is 2.28. The van der Waals surface area contributed by atoms with Gasteiger partial charge >= 0.3 is 5.88 Å². The van der Waals surface area contributed by atoms with Crippen LogP contribution in [0.3, 0.4) is 0 Å². The van der Waals surface area contributed by atoms with Gasteiger partial charge in [0.2, 0.25) is 0 Å². The number of nitrogens with one attached hydrogen (secondary N) is 1. The molecular formula is C17H10N2O5. The molecule has 2 aromatic heterocycles. The van der Waals surface area contributed by atoms with Gasteiger partial charge in [0.05, 0.1) is 6.07 Å². The second-order valence-corrected chi connectivity index (χ2v) is 5.16. The highest BCUT2D eigenvalue weighted by Crippen LogP contribution is 2.30. The molecule has 0 aliphatic carbocycles. The van der Waals surface area contributed by atoms with Crippen molar-refractivity contribution in [1.82, 2.24) is 0 Å². The molecule has 4 rings (SSSR count). The summed E-state index contributed by atoms with van der Waals surface area (Å²) in [6.45, 7) is 0. The number of carbonyl (C=O) groups is 1. The van der Waals surface area contributed by atoms with Crippen molar-refractivity contribution in [2.24, 2.45) is 0 Å². The molecule has 0 bridgehead atoms. The number of furan rings is 2. The Bertz CT molecular complexity index is 1090. The van der Waals surface area contributed by atoms with Crippen molar-refractivity contribution in [1.29, 1.82) is 0 Å². The van der Waals surface area contributed by atoms with Gasteiger partial charge in [-0.15, -0.1) is 0 Å². The number of hydrogen-bond acceptors (Lipinski definition) is 5. The lowest BCUT2D eigenvalue weighted by atomic mass is 10.1. The summed E-state index contributed by atoms with van der Waals surface area (Å²) in [5.41, 5.74) is 1.91. The van der Waals surface area contributed by atoms with Gasteiger partial charge in [-0.2, -0.15) is 0 Å². The van der Waals surface area contributed by atoms with Gasteiger partial charge < -0.3 is 14.2 Å². The second-order valence-electron chi connectivity index (χ2n) is 5.16. The Kier molecular flexibility index (Phi) is 3.06. The van der Waals surface area contributed by atoms with Crippen LogP contribution in [-0.2, 0) is 0 Å². The molecule has 0 spiro atoms.